The van der Waals surface area contributed by atoms with E-state index in [9.17, 15) is 9.59 Å². The van der Waals surface area contributed by atoms with Crippen LogP contribution in [0, 0.1) is 18.8 Å². The van der Waals surface area contributed by atoms with Gasteiger partial charge in [-0.15, -0.1) is 0 Å². The monoisotopic (exact) mass is 342 g/mol. The Morgan fingerprint density at radius 3 is 2.80 bits per heavy atom. The number of carbonyl (C=O) groups is 2. The van der Waals surface area contributed by atoms with E-state index in [-0.39, 0.29) is 24.4 Å². The first-order chi connectivity index (χ1) is 12.1. The molecule has 2 atom stereocenters. The molecular weight excluding hydrogens is 320 g/mol. The Hall–Kier alpha value is -2.57. The highest BCUT2D eigenvalue weighted by atomic mass is 16.3. The second kappa shape index (κ2) is 6.38. The molecule has 1 aliphatic carbocycles. The fourth-order valence-corrected chi connectivity index (χ4v) is 3.66. The summed E-state index contributed by atoms with van der Waals surface area (Å²) in [6, 6.07) is 5.27. The molecule has 7 nitrogen and oxygen atoms in total. The highest BCUT2D eigenvalue weighted by Crippen LogP contribution is 2.41. The van der Waals surface area contributed by atoms with Gasteiger partial charge in [0, 0.05) is 30.9 Å². The van der Waals surface area contributed by atoms with Gasteiger partial charge in [0.2, 0.25) is 5.91 Å². The maximum Gasteiger partial charge on any atom is 0.289 e. The minimum Gasteiger partial charge on any atom is -0.459 e. The van der Waals surface area contributed by atoms with E-state index in [1.165, 1.54) is 19.1 Å². The number of nitrogens with zero attached hydrogens (tertiary/aromatic N) is 3. The quantitative estimate of drug-likeness (QED) is 0.892. The SMILES string of the molecule is Cc1ccnn1CC(=O)N[C@@H]1CN(C(=O)c2ccco2)C[C@H]1C1CC1. The van der Waals surface area contributed by atoms with E-state index in [1.807, 2.05) is 13.0 Å². The molecule has 3 heterocycles. The molecule has 25 heavy (non-hydrogen) atoms. The van der Waals surface area contributed by atoms with Crippen LogP contribution in [-0.2, 0) is 11.3 Å². The summed E-state index contributed by atoms with van der Waals surface area (Å²) >= 11 is 0. The maximum absolute atomic E-state index is 12.5. The smallest absolute Gasteiger partial charge is 0.289 e. The van der Waals surface area contributed by atoms with Crippen LogP contribution in [0.25, 0.3) is 0 Å². The Labute approximate surface area is 146 Å². The van der Waals surface area contributed by atoms with Crippen molar-refractivity contribution >= 4 is 11.8 Å². The molecule has 2 aromatic heterocycles. The highest BCUT2D eigenvalue weighted by molar-refractivity contribution is 5.91. The van der Waals surface area contributed by atoms with E-state index in [0.29, 0.717) is 30.7 Å². The molecule has 0 unspecified atom stereocenters. The van der Waals surface area contributed by atoms with E-state index < -0.39 is 0 Å². The lowest BCUT2D eigenvalue weighted by atomic mass is 9.98. The van der Waals surface area contributed by atoms with Crippen molar-refractivity contribution in [2.45, 2.75) is 32.4 Å². The van der Waals surface area contributed by atoms with E-state index in [4.69, 9.17) is 4.42 Å². The van der Waals surface area contributed by atoms with Gasteiger partial charge in [0.1, 0.15) is 6.54 Å². The van der Waals surface area contributed by atoms with Crippen molar-refractivity contribution in [1.82, 2.24) is 20.0 Å². The number of likely N-dealkylation sites (tertiary alicyclic amines) is 1. The highest BCUT2D eigenvalue weighted by Gasteiger charge is 2.44. The molecule has 132 valence electrons. The number of rotatable bonds is 5. The van der Waals surface area contributed by atoms with E-state index in [1.54, 1.807) is 27.9 Å². The molecule has 1 N–H and O–H groups in total. The summed E-state index contributed by atoms with van der Waals surface area (Å²) in [5, 5.41) is 7.27. The number of nitrogens with one attached hydrogen (secondary N) is 1. The van der Waals surface area contributed by atoms with Crippen LogP contribution < -0.4 is 5.32 Å². The lowest BCUT2D eigenvalue weighted by Crippen LogP contribution is -2.43. The fourth-order valence-electron chi connectivity index (χ4n) is 3.66. The van der Waals surface area contributed by atoms with Gasteiger partial charge in [-0.25, -0.2) is 0 Å². The molecular formula is C18H22N4O3. The Morgan fingerprint density at radius 1 is 1.32 bits per heavy atom. The minimum absolute atomic E-state index is 0.00483. The lowest BCUT2D eigenvalue weighted by molar-refractivity contribution is -0.122. The zero-order valence-corrected chi connectivity index (χ0v) is 14.2. The van der Waals surface area contributed by atoms with Crippen molar-refractivity contribution in [2.75, 3.05) is 13.1 Å². The Bertz CT molecular complexity index is 763. The minimum atomic E-state index is -0.102. The first-order valence-electron chi connectivity index (χ1n) is 8.72. The number of carbonyl (C=O) groups excluding carboxylic acids is 2. The molecule has 2 aromatic rings. The largest absolute Gasteiger partial charge is 0.459 e. The number of aryl methyl sites for hydroxylation is 1. The van der Waals surface area contributed by atoms with Crippen LogP contribution in [0.3, 0.4) is 0 Å². The van der Waals surface area contributed by atoms with Gasteiger partial charge in [-0.2, -0.15) is 5.10 Å². The van der Waals surface area contributed by atoms with Crippen molar-refractivity contribution in [3.8, 4) is 0 Å². The topological polar surface area (TPSA) is 80.4 Å². The van der Waals surface area contributed by atoms with Crippen molar-refractivity contribution in [2.24, 2.45) is 11.8 Å². The molecule has 4 rings (SSSR count). The first-order valence-corrected chi connectivity index (χ1v) is 8.72. The Kier molecular flexibility index (Phi) is 4.07. The van der Waals surface area contributed by atoms with Crippen LogP contribution in [-0.4, -0.2) is 45.6 Å². The van der Waals surface area contributed by atoms with Gasteiger partial charge in [-0.05, 0) is 43.9 Å². The van der Waals surface area contributed by atoms with E-state index in [0.717, 1.165) is 5.69 Å². The molecule has 7 heteroatoms. The molecule has 1 saturated carbocycles. The van der Waals surface area contributed by atoms with Crippen LogP contribution in [0.2, 0.25) is 0 Å². The average molecular weight is 342 g/mol. The molecule has 1 saturated heterocycles. The van der Waals surface area contributed by atoms with E-state index in [2.05, 4.69) is 10.4 Å². The third-order valence-electron chi connectivity index (χ3n) is 5.18. The number of furan rings is 1. The van der Waals surface area contributed by atoms with Gasteiger partial charge in [0.05, 0.1) is 12.3 Å². The number of hydrogen-bond acceptors (Lipinski definition) is 4. The van der Waals surface area contributed by atoms with Crippen LogP contribution in [0.4, 0.5) is 0 Å². The third kappa shape index (κ3) is 3.31. The fraction of sp³-hybridized carbons (Fsp3) is 0.500. The second-order valence-corrected chi connectivity index (χ2v) is 6.99. The summed E-state index contributed by atoms with van der Waals surface area (Å²) in [6.45, 7) is 3.34. The summed E-state index contributed by atoms with van der Waals surface area (Å²) in [7, 11) is 0. The van der Waals surface area contributed by atoms with Gasteiger partial charge in [-0.1, -0.05) is 0 Å². The summed E-state index contributed by atoms with van der Waals surface area (Å²) in [4.78, 5) is 26.8. The van der Waals surface area contributed by atoms with Gasteiger partial charge in [0.25, 0.3) is 5.91 Å². The molecule has 0 aromatic carbocycles. The zero-order chi connectivity index (χ0) is 17.4. The molecule has 2 aliphatic rings. The summed E-state index contributed by atoms with van der Waals surface area (Å²) in [5.41, 5.74) is 0.954. The van der Waals surface area contributed by atoms with Crippen LogP contribution in [0.5, 0.6) is 0 Å². The zero-order valence-electron chi connectivity index (χ0n) is 14.2. The molecule has 0 spiro atoms. The van der Waals surface area contributed by atoms with Gasteiger partial charge < -0.3 is 14.6 Å². The normalized spacial score (nSPS) is 23.0. The number of amides is 2. The van der Waals surface area contributed by atoms with Gasteiger partial charge in [-0.3, -0.25) is 14.3 Å². The molecule has 2 fully saturated rings. The average Bonchev–Trinajstić information content (AvgIpc) is 2.99. The summed E-state index contributed by atoms with van der Waals surface area (Å²) < 4.78 is 6.91. The van der Waals surface area contributed by atoms with Gasteiger partial charge >= 0.3 is 0 Å². The molecule has 0 bridgehead atoms. The number of hydrogen-bond donors (Lipinski definition) is 1. The summed E-state index contributed by atoms with van der Waals surface area (Å²) in [6.07, 6.45) is 5.55. The number of aromatic nitrogens is 2. The van der Waals surface area contributed by atoms with Crippen LogP contribution in [0.1, 0.15) is 29.1 Å². The van der Waals surface area contributed by atoms with Crippen molar-refractivity contribution in [3.63, 3.8) is 0 Å². The summed E-state index contributed by atoms with van der Waals surface area (Å²) in [5.74, 6) is 1.12. The third-order valence-corrected chi connectivity index (χ3v) is 5.18. The Balaban J connectivity index is 1.42. The Morgan fingerprint density at radius 2 is 2.16 bits per heavy atom. The molecule has 1 aliphatic heterocycles. The van der Waals surface area contributed by atoms with Crippen molar-refractivity contribution < 1.29 is 14.0 Å². The molecule has 0 radical (unpaired) electrons. The predicted octanol–water partition coefficient (Wildman–Crippen LogP) is 1.45. The van der Waals surface area contributed by atoms with Crippen LogP contribution in [0.15, 0.2) is 35.1 Å². The maximum atomic E-state index is 12.5. The first kappa shape index (κ1) is 15.9. The standard InChI is InChI=1S/C18H22N4O3/c1-12-6-7-19-22(12)11-17(23)20-15-10-21(9-14(15)13-4-5-13)18(24)16-3-2-8-25-16/h2-3,6-8,13-15H,4-5,9-11H2,1H3,(H,20,23)/t14-,15+/m0/s1. The predicted molar refractivity (Wildman–Crippen MR) is 89.7 cm³/mol. The van der Waals surface area contributed by atoms with Crippen molar-refractivity contribution in [3.05, 3.63) is 42.1 Å². The lowest BCUT2D eigenvalue weighted by Gasteiger charge is -2.19. The van der Waals surface area contributed by atoms with E-state index >= 15 is 0 Å². The van der Waals surface area contributed by atoms with Crippen LogP contribution >= 0.6 is 0 Å². The second-order valence-electron chi connectivity index (χ2n) is 6.99. The van der Waals surface area contributed by atoms with Gasteiger partial charge in [0.15, 0.2) is 5.76 Å². The van der Waals surface area contributed by atoms with Crippen molar-refractivity contribution in [1.29, 1.82) is 0 Å². The molecule has 2 amide bonds.